The van der Waals surface area contributed by atoms with Crippen LogP contribution in [0.2, 0.25) is 0 Å². The van der Waals surface area contributed by atoms with Gasteiger partial charge < -0.3 is 5.32 Å². The predicted molar refractivity (Wildman–Crippen MR) is 55.7 cm³/mol. The van der Waals surface area contributed by atoms with Gasteiger partial charge in [-0.3, -0.25) is 0 Å². The minimum absolute atomic E-state index is 0.643. The standard InChI is InChI=1S/C11H23N/c1-6-7-8-12-11(9(2)3)10(4)5/h6,9-12H,1,7-8H2,2-5H3. The van der Waals surface area contributed by atoms with Crippen molar-refractivity contribution in [1.82, 2.24) is 5.32 Å². The summed E-state index contributed by atoms with van der Waals surface area (Å²) < 4.78 is 0. The second-order valence-electron chi connectivity index (χ2n) is 4.05. The van der Waals surface area contributed by atoms with E-state index < -0.39 is 0 Å². The third kappa shape index (κ3) is 4.66. The van der Waals surface area contributed by atoms with Crippen molar-refractivity contribution in [2.24, 2.45) is 11.8 Å². The first-order valence-electron chi connectivity index (χ1n) is 4.93. The van der Waals surface area contributed by atoms with Gasteiger partial charge in [-0.05, 0) is 11.8 Å². The molecule has 0 aromatic carbocycles. The second-order valence-corrected chi connectivity index (χ2v) is 4.05. The van der Waals surface area contributed by atoms with Crippen LogP contribution in [0.1, 0.15) is 34.1 Å². The number of rotatable bonds is 6. The van der Waals surface area contributed by atoms with Crippen LogP contribution in [0.4, 0.5) is 0 Å². The fraction of sp³-hybridized carbons (Fsp3) is 0.818. The van der Waals surface area contributed by atoms with Crippen LogP contribution < -0.4 is 5.32 Å². The molecular weight excluding hydrogens is 146 g/mol. The molecule has 0 aromatic heterocycles. The fourth-order valence-electron chi connectivity index (χ4n) is 1.59. The van der Waals surface area contributed by atoms with E-state index in [9.17, 15) is 0 Å². The first kappa shape index (κ1) is 11.8. The van der Waals surface area contributed by atoms with Gasteiger partial charge in [-0.25, -0.2) is 0 Å². The minimum atomic E-state index is 0.643. The van der Waals surface area contributed by atoms with Crippen LogP contribution in [0.15, 0.2) is 0 Å². The molecule has 0 heterocycles. The molecule has 12 heavy (non-hydrogen) atoms. The van der Waals surface area contributed by atoms with Gasteiger partial charge >= 0.3 is 0 Å². The van der Waals surface area contributed by atoms with E-state index >= 15 is 0 Å². The molecule has 0 spiro atoms. The summed E-state index contributed by atoms with van der Waals surface area (Å²) in [5, 5.41) is 3.55. The summed E-state index contributed by atoms with van der Waals surface area (Å²) in [6.45, 7) is 13.8. The molecule has 1 N–H and O–H groups in total. The van der Waals surface area contributed by atoms with Gasteiger partial charge in [0.1, 0.15) is 0 Å². The average molecular weight is 169 g/mol. The summed E-state index contributed by atoms with van der Waals surface area (Å²) in [5.74, 6) is 1.43. The molecule has 0 aliphatic heterocycles. The molecule has 0 aromatic rings. The first-order chi connectivity index (χ1) is 5.59. The van der Waals surface area contributed by atoms with Crippen molar-refractivity contribution >= 4 is 0 Å². The van der Waals surface area contributed by atoms with E-state index in [2.05, 4.69) is 39.9 Å². The highest BCUT2D eigenvalue weighted by molar-refractivity contribution is 4.76. The van der Waals surface area contributed by atoms with Gasteiger partial charge in [0.2, 0.25) is 0 Å². The number of hydrogen-bond acceptors (Lipinski definition) is 1. The summed E-state index contributed by atoms with van der Waals surface area (Å²) >= 11 is 0. The molecule has 1 heteroatoms. The lowest BCUT2D eigenvalue weighted by Crippen LogP contribution is -2.38. The largest absolute Gasteiger partial charge is 0.309 e. The summed E-state index contributed by atoms with van der Waals surface area (Å²) in [6, 6.07) is 0.643. The average Bonchev–Trinajstić information content (AvgIpc) is 1.96. The molecule has 0 unspecified atom stereocenters. The van der Waals surface area contributed by atoms with Crippen LogP contribution in [0.25, 0.3) is 0 Å². The molecule has 0 radical (unpaired) electrons. The van der Waals surface area contributed by atoms with Gasteiger partial charge in [0.05, 0.1) is 6.42 Å². The van der Waals surface area contributed by atoms with Crippen LogP contribution in [-0.4, -0.2) is 12.6 Å². The Kier molecular flexibility index (Phi) is 6.27. The molecular formula is C11H23N. The van der Waals surface area contributed by atoms with E-state index in [1.165, 1.54) is 0 Å². The molecule has 0 bridgehead atoms. The summed E-state index contributed by atoms with van der Waals surface area (Å²) in [7, 11) is 0. The van der Waals surface area contributed by atoms with Crippen LogP contribution >= 0.6 is 0 Å². The van der Waals surface area contributed by atoms with E-state index in [-0.39, 0.29) is 0 Å². The monoisotopic (exact) mass is 169 g/mol. The van der Waals surface area contributed by atoms with Gasteiger partial charge in [-0.1, -0.05) is 34.1 Å². The van der Waals surface area contributed by atoms with E-state index in [1.807, 2.05) is 6.42 Å². The predicted octanol–water partition coefficient (Wildman–Crippen LogP) is 2.69. The molecule has 0 atom stereocenters. The first-order valence-corrected chi connectivity index (χ1v) is 4.93. The lowest BCUT2D eigenvalue weighted by atomic mass is 9.93. The Labute approximate surface area is 77.9 Å². The van der Waals surface area contributed by atoms with Crippen LogP contribution in [0.5, 0.6) is 0 Å². The van der Waals surface area contributed by atoms with E-state index in [0.29, 0.717) is 6.04 Å². The van der Waals surface area contributed by atoms with Crippen molar-refractivity contribution in [1.29, 1.82) is 0 Å². The SMILES string of the molecule is [CH2-][CH+]CCNC(C(C)C)C(C)C. The molecule has 0 amide bonds. The van der Waals surface area contributed by atoms with Crippen molar-refractivity contribution in [2.75, 3.05) is 6.54 Å². The Balaban J connectivity index is 3.64. The number of unbranched alkanes of at least 4 members (excludes halogenated alkanes) is 1. The van der Waals surface area contributed by atoms with Crippen molar-refractivity contribution in [2.45, 2.75) is 40.2 Å². The van der Waals surface area contributed by atoms with Crippen molar-refractivity contribution in [3.8, 4) is 0 Å². The van der Waals surface area contributed by atoms with E-state index in [4.69, 9.17) is 0 Å². The lowest BCUT2D eigenvalue weighted by molar-refractivity contribution is 0.317. The summed E-state index contributed by atoms with van der Waals surface area (Å²) in [5.41, 5.74) is 0. The van der Waals surface area contributed by atoms with Crippen LogP contribution in [0.3, 0.4) is 0 Å². The zero-order valence-corrected chi connectivity index (χ0v) is 8.93. The minimum Gasteiger partial charge on any atom is -0.309 e. The highest BCUT2D eigenvalue weighted by atomic mass is 14.9. The molecule has 0 fully saturated rings. The van der Waals surface area contributed by atoms with Crippen LogP contribution in [0, 0.1) is 25.2 Å². The maximum Gasteiger partial charge on any atom is 0.0694 e. The van der Waals surface area contributed by atoms with Gasteiger partial charge in [0, 0.05) is 12.6 Å². The van der Waals surface area contributed by atoms with Gasteiger partial charge in [-0.15, -0.1) is 6.92 Å². The Morgan fingerprint density at radius 1 is 1.17 bits per heavy atom. The smallest absolute Gasteiger partial charge is 0.0694 e. The molecule has 0 saturated carbocycles. The highest BCUT2D eigenvalue weighted by Crippen LogP contribution is 2.11. The Bertz CT molecular complexity index is 89.2. The molecule has 1 nitrogen and oxygen atoms in total. The lowest BCUT2D eigenvalue weighted by Gasteiger charge is -2.25. The van der Waals surface area contributed by atoms with Gasteiger partial charge in [0.25, 0.3) is 0 Å². The molecule has 72 valence electrons. The zero-order chi connectivity index (χ0) is 9.56. The van der Waals surface area contributed by atoms with Crippen molar-refractivity contribution < 1.29 is 0 Å². The summed E-state index contributed by atoms with van der Waals surface area (Å²) in [4.78, 5) is 0. The molecule has 0 aliphatic rings. The molecule has 0 rings (SSSR count). The topological polar surface area (TPSA) is 12.0 Å². The van der Waals surface area contributed by atoms with Crippen molar-refractivity contribution in [3.05, 3.63) is 13.3 Å². The Morgan fingerprint density at radius 3 is 2.00 bits per heavy atom. The maximum atomic E-state index is 3.71. The number of hydrogen-bond donors (Lipinski definition) is 1. The fourth-order valence-corrected chi connectivity index (χ4v) is 1.59. The van der Waals surface area contributed by atoms with Gasteiger partial charge in [-0.2, -0.15) is 0 Å². The van der Waals surface area contributed by atoms with E-state index in [1.54, 1.807) is 0 Å². The van der Waals surface area contributed by atoms with Gasteiger partial charge in [0.15, 0.2) is 0 Å². The Morgan fingerprint density at radius 2 is 1.67 bits per heavy atom. The third-order valence-electron chi connectivity index (χ3n) is 2.16. The molecule has 0 saturated heterocycles. The van der Waals surface area contributed by atoms with Crippen LogP contribution in [-0.2, 0) is 0 Å². The molecule has 0 aliphatic carbocycles. The maximum absolute atomic E-state index is 3.71. The summed E-state index contributed by atoms with van der Waals surface area (Å²) in [6.07, 6.45) is 3.03. The zero-order valence-electron chi connectivity index (χ0n) is 8.93. The second kappa shape index (κ2) is 6.36. The quantitative estimate of drug-likeness (QED) is 0.476. The normalized spacial score (nSPS) is 11.7. The van der Waals surface area contributed by atoms with E-state index in [0.717, 1.165) is 24.8 Å². The number of nitrogens with one attached hydrogen (secondary N) is 1. The highest BCUT2D eigenvalue weighted by Gasteiger charge is 2.15. The van der Waals surface area contributed by atoms with Crippen molar-refractivity contribution in [3.63, 3.8) is 0 Å². The third-order valence-corrected chi connectivity index (χ3v) is 2.16. The Hall–Kier alpha value is -0.170.